The number of nitrogens with one attached hydrogen (secondary N) is 2. The van der Waals surface area contributed by atoms with Crippen LogP contribution >= 0.6 is 0 Å². The van der Waals surface area contributed by atoms with Crippen LogP contribution in [0.3, 0.4) is 0 Å². The van der Waals surface area contributed by atoms with E-state index in [1.807, 2.05) is 25.1 Å². The third-order valence-electron chi connectivity index (χ3n) is 3.32. The zero-order chi connectivity index (χ0) is 15.5. The molecule has 0 heterocycles. The van der Waals surface area contributed by atoms with E-state index < -0.39 is 0 Å². The number of carbonyl (C=O) groups excluding carboxylic acids is 1. The van der Waals surface area contributed by atoms with E-state index in [0.29, 0.717) is 13.2 Å². The summed E-state index contributed by atoms with van der Waals surface area (Å²) in [7, 11) is 3.70. The summed E-state index contributed by atoms with van der Waals surface area (Å²) in [4.78, 5) is 13.9. The zero-order valence-corrected chi connectivity index (χ0v) is 13.3. The number of anilines is 1. The van der Waals surface area contributed by atoms with Crippen molar-refractivity contribution in [2.45, 2.75) is 19.4 Å². The van der Waals surface area contributed by atoms with Crippen LogP contribution in [0, 0.1) is 0 Å². The highest BCUT2D eigenvalue weighted by Crippen LogP contribution is 2.10. The van der Waals surface area contributed by atoms with Crippen molar-refractivity contribution in [2.24, 2.45) is 0 Å². The third-order valence-corrected chi connectivity index (χ3v) is 3.32. The molecule has 0 aliphatic heterocycles. The van der Waals surface area contributed by atoms with Gasteiger partial charge in [0.25, 0.3) is 0 Å². The van der Waals surface area contributed by atoms with Gasteiger partial charge < -0.3 is 20.3 Å². The Morgan fingerprint density at radius 1 is 1.29 bits per heavy atom. The van der Waals surface area contributed by atoms with Crippen molar-refractivity contribution in [3.05, 3.63) is 30.3 Å². The molecule has 21 heavy (non-hydrogen) atoms. The SMILES string of the molecule is COCCNC(=O)C(C)NCCCN(C)c1ccccc1. The fourth-order valence-corrected chi connectivity index (χ4v) is 1.97. The van der Waals surface area contributed by atoms with E-state index in [2.05, 4.69) is 34.7 Å². The second-order valence-corrected chi connectivity index (χ2v) is 5.07. The van der Waals surface area contributed by atoms with E-state index in [9.17, 15) is 4.79 Å². The van der Waals surface area contributed by atoms with Crippen molar-refractivity contribution in [3.8, 4) is 0 Å². The molecular weight excluding hydrogens is 266 g/mol. The average Bonchev–Trinajstić information content (AvgIpc) is 2.52. The Labute approximate surface area is 127 Å². The maximum atomic E-state index is 11.7. The average molecular weight is 293 g/mol. The molecule has 1 aromatic rings. The lowest BCUT2D eigenvalue weighted by atomic mass is 10.2. The maximum absolute atomic E-state index is 11.7. The Morgan fingerprint density at radius 3 is 2.67 bits per heavy atom. The number of hydrogen-bond donors (Lipinski definition) is 2. The molecular formula is C16H27N3O2. The van der Waals surface area contributed by atoms with Crippen LogP contribution in [0.25, 0.3) is 0 Å². The summed E-state index contributed by atoms with van der Waals surface area (Å²) in [6.45, 7) is 4.74. The predicted octanol–water partition coefficient (Wildman–Crippen LogP) is 1.25. The molecule has 5 nitrogen and oxygen atoms in total. The first-order valence-electron chi connectivity index (χ1n) is 7.41. The number of benzene rings is 1. The Hall–Kier alpha value is -1.59. The van der Waals surface area contributed by atoms with Crippen molar-refractivity contribution in [3.63, 3.8) is 0 Å². The fourth-order valence-electron chi connectivity index (χ4n) is 1.97. The monoisotopic (exact) mass is 293 g/mol. The lowest BCUT2D eigenvalue weighted by Crippen LogP contribution is -2.43. The second kappa shape index (κ2) is 10.2. The normalized spacial score (nSPS) is 12.0. The van der Waals surface area contributed by atoms with Gasteiger partial charge >= 0.3 is 0 Å². The van der Waals surface area contributed by atoms with Crippen LogP contribution in [0.1, 0.15) is 13.3 Å². The summed E-state index contributed by atoms with van der Waals surface area (Å²) < 4.78 is 4.90. The minimum absolute atomic E-state index is 0.0171. The van der Waals surface area contributed by atoms with Gasteiger partial charge in [0.2, 0.25) is 5.91 Å². The lowest BCUT2D eigenvalue weighted by Gasteiger charge is -2.20. The number of amides is 1. The summed E-state index contributed by atoms with van der Waals surface area (Å²) >= 11 is 0. The Bertz CT molecular complexity index is 398. The Morgan fingerprint density at radius 2 is 2.00 bits per heavy atom. The molecule has 1 unspecified atom stereocenters. The quantitative estimate of drug-likeness (QED) is 0.638. The van der Waals surface area contributed by atoms with Crippen LogP contribution < -0.4 is 15.5 Å². The summed E-state index contributed by atoms with van der Waals surface area (Å²) in [5, 5.41) is 6.06. The predicted molar refractivity (Wildman–Crippen MR) is 86.7 cm³/mol. The van der Waals surface area contributed by atoms with E-state index in [-0.39, 0.29) is 11.9 Å². The van der Waals surface area contributed by atoms with E-state index in [0.717, 1.165) is 19.5 Å². The van der Waals surface area contributed by atoms with Gasteiger partial charge in [0, 0.05) is 32.9 Å². The van der Waals surface area contributed by atoms with Crippen molar-refractivity contribution in [1.82, 2.24) is 10.6 Å². The maximum Gasteiger partial charge on any atom is 0.236 e. The van der Waals surface area contributed by atoms with Crippen molar-refractivity contribution in [2.75, 3.05) is 45.3 Å². The number of hydrogen-bond acceptors (Lipinski definition) is 4. The summed E-state index contributed by atoms with van der Waals surface area (Å²) in [6, 6.07) is 10.1. The van der Waals surface area contributed by atoms with Crippen LogP contribution in [-0.4, -0.2) is 52.3 Å². The molecule has 118 valence electrons. The standard InChI is InChI=1S/C16H27N3O2/c1-14(16(20)18-11-13-21-3)17-10-7-12-19(2)15-8-5-4-6-9-15/h4-6,8-9,14,17H,7,10-13H2,1-3H3,(H,18,20). The van der Waals surface area contributed by atoms with Gasteiger partial charge in [-0.15, -0.1) is 0 Å². The first kappa shape index (κ1) is 17.5. The van der Waals surface area contributed by atoms with Gasteiger partial charge in [-0.2, -0.15) is 0 Å². The molecule has 2 N–H and O–H groups in total. The fraction of sp³-hybridized carbons (Fsp3) is 0.562. The highest BCUT2D eigenvalue weighted by atomic mass is 16.5. The number of carbonyl (C=O) groups is 1. The van der Waals surface area contributed by atoms with Gasteiger partial charge in [0.15, 0.2) is 0 Å². The van der Waals surface area contributed by atoms with Gasteiger partial charge in [-0.05, 0) is 32.0 Å². The van der Waals surface area contributed by atoms with Gasteiger partial charge in [0.05, 0.1) is 12.6 Å². The van der Waals surface area contributed by atoms with Crippen LogP contribution in [0.5, 0.6) is 0 Å². The molecule has 1 amide bonds. The topological polar surface area (TPSA) is 53.6 Å². The number of methoxy groups -OCH3 is 1. The molecule has 1 atom stereocenters. The molecule has 5 heteroatoms. The Kier molecular flexibility index (Phi) is 8.47. The molecule has 0 radical (unpaired) electrons. The molecule has 0 fully saturated rings. The van der Waals surface area contributed by atoms with Gasteiger partial charge in [-0.1, -0.05) is 18.2 Å². The largest absolute Gasteiger partial charge is 0.383 e. The van der Waals surface area contributed by atoms with Gasteiger partial charge in [-0.25, -0.2) is 0 Å². The number of ether oxygens (including phenoxy) is 1. The second-order valence-electron chi connectivity index (χ2n) is 5.07. The van der Waals surface area contributed by atoms with E-state index in [1.165, 1.54) is 5.69 Å². The minimum atomic E-state index is -0.177. The van der Waals surface area contributed by atoms with E-state index in [4.69, 9.17) is 4.74 Å². The van der Waals surface area contributed by atoms with Crippen molar-refractivity contribution < 1.29 is 9.53 Å². The molecule has 0 aromatic heterocycles. The van der Waals surface area contributed by atoms with Gasteiger partial charge in [-0.3, -0.25) is 4.79 Å². The van der Waals surface area contributed by atoms with E-state index in [1.54, 1.807) is 7.11 Å². The molecule has 0 bridgehead atoms. The Balaban J connectivity index is 2.14. The minimum Gasteiger partial charge on any atom is -0.383 e. The van der Waals surface area contributed by atoms with E-state index >= 15 is 0 Å². The van der Waals surface area contributed by atoms with Crippen LogP contribution in [0.4, 0.5) is 5.69 Å². The first-order valence-corrected chi connectivity index (χ1v) is 7.41. The van der Waals surface area contributed by atoms with Gasteiger partial charge in [0.1, 0.15) is 0 Å². The molecule has 1 rings (SSSR count). The third kappa shape index (κ3) is 7.11. The van der Waals surface area contributed by atoms with Crippen molar-refractivity contribution >= 4 is 11.6 Å². The highest BCUT2D eigenvalue weighted by Gasteiger charge is 2.10. The number of para-hydroxylation sites is 1. The van der Waals surface area contributed by atoms with Crippen molar-refractivity contribution in [1.29, 1.82) is 0 Å². The summed E-state index contributed by atoms with van der Waals surface area (Å²) in [6.07, 6.45) is 0.987. The van der Waals surface area contributed by atoms with Crippen LogP contribution in [0.15, 0.2) is 30.3 Å². The first-order chi connectivity index (χ1) is 10.1. The summed E-state index contributed by atoms with van der Waals surface area (Å²) in [5.74, 6) is 0.0171. The molecule has 0 saturated carbocycles. The molecule has 0 aliphatic rings. The molecule has 0 spiro atoms. The lowest BCUT2D eigenvalue weighted by molar-refractivity contribution is -0.122. The molecule has 1 aromatic carbocycles. The molecule has 0 saturated heterocycles. The highest BCUT2D eigenvalue weighted by molar-refractivity contribution is 5.81. The van der Waals surface area contributed by atoms with Crippen LogP contribution in [-0.2, 0) is 9.53 Å². The summed E-state index contributed by atoms with van der Waals surface area (Å²) in [5.41, 5.74) is 1.21. The van der Waals surface area contributed by atoms with Crippen LogP contribution in [0.2, 0.25) is 0 Å². The number of nitrogens with zero attached hydrogens (tertiary/aromatic N) is 1. The number of rotatable bonds is 10. The zero-order valence-electron chi connectivity index (χ0n) is 13.3. The smallest absolute Gasteiger partial charge is 0.236 e. The molecule has 0 aliphatic carbocycles.